The van der Waals surface area contributed by atoms with Gasteiger partial charge in [-0.25, -0.2) is 0 Å². The molecule has 1 N–H and O–H groups in total. The van der Waals surface area contributed by atoms with E-state index in [2.05, 4.69) is 23.3 Å². The molecule has 112 valence electrons. The second-order valence-electron chi connectivity index (χ2n) is 6.36. The van der Waals surface area contributed by atoms with Crippen LogP contribution in [-0.2, 0) is 17.8 Å². The summed E-state index contributed by atoms with van der Waals surface area (Å²) in [5.74, 6) is 1.75. The maximum Gasteiger partial charge on any atom is 0.118 e. The molecule has 20 heavy (non-hydrogen) atoms. The lowest BCUT2D eigenvalue weighted by atomic mass is 10.0. The fourth-order valence-corrected chi connectivity index (χ4v) is 2.87. The van der Waals surface area contributed by atoms with Gasteiger partial charge in [-0.2, -0.15) is 0 Å². The molecule has 1 aromatic heterocycles. The van der Waals surface area contributed by atoms with Gasteiger partial charge in [0.05, 0.1) is 19.4 Å². The van der Waals surface area contributed by atoms with Crippen LogP contribution in [0, 0.1) is 5.92 Å². The molecule has 0 bridgehead atoms. The highest BCUT2D eigenvalue weighted by Gasteiger charge is 2.20. The average molecular weight is 278 g/mol. The van der Waals surface area contributed by atoms with Gasteiger partial charge < -0.3 is 14.5 Å². The highest BCUT2D eigenvalue weighted by molar-refractivity contribution is 5.13. The van der Waals surface area contributed by atoms with E-state index in [0.717, 1.165) is 44.7 Å². The SMILES string of the molecule is CN(Cc1cc(CNC2CC2)co1)CC1CCCOC1. The zero-order valence-electron chi connectivity index (χ0n) is 12.4. The van der Waals surface area contributed by atoms with Gasteiger partial charge in [-0.1, -0.05) is 0 Å². The molecule has 0 amide bonds. The van der Waals surface area contributed by atoms with E-state index in [1.165, 1.54) is 31.2 Å². The van der Waals surface area contributed by atoms with Crippen LogP contribution in [0.15, 0.2) is 16.7 Å². The fourth-order valence-electron chi connectivity index (χ4n) is 2.87. The van der Waals surface area contributed by atoms with Crippen LogP contribution in [0.3, 0.4) is 0 Å². The topological polar surface area (TPSA) is 37.6 Å². The van der Waals surface area contributed by atoms with Crippen molar-refractivity contribution in [2.45, 2.75) is 44.8 Å². The van der Waals surface area contributed by atoms with Gasteiger partial charge in [0, 0.05) is 31.3 Å². The Labute approximate surface area is 121 Å². The Balaban J connectivity index is 1.41. The van der Waals surface area contributed by atoms with E-state index in [4.69, 9.17) is 9.15 Å². The average Bonchev–Trinajstić information content (AvgIpc) is 3.18. The Morgan fingerprint density at radius 3 is 3.00 bits per heavy atom. The van der Waals surface area contributed by atoms with Crippen molar-refractivity contribution in [3.63, 3.8) is 0 Å². The Bertz CT molecular complexity index is 408. The lowest BCUT2D eigenvalue weighted by molar-refractivity contribution is 0.0404. The van der Waals surface area contributed by atoms with Gasteiger partial charge in [0.2, 0.25) is 0 Å². The molecule has 1 saturated carbocycles. The Kier molecular flexibility index (Phi) is 4.76. The Hall–Kier alpha value is -0.840. The summed E-state index contributed by atoms with van der Waals surface area (Å²) in [6.07, 6.45) is 7.05. The van der Waals surface area contributed by atoms with Crippen LogP contribution in [-0.4, -0.2) is 37.7 Å². The summed E-state index contributed by atoms with van der Waals surface area (Å²) in [4.78, 5) is 2.34. The van der Waals surface area contributed by atoms with Gasteiger partial charge >= 0.3 is 0 Å². The van der Waals surface area contributed by atoms with Gasteiger partial charge in [0.25, 0.3) is 0 Å². The number of rotatable bonds is 7. The summed E-state index contributed by atoms with van der Waals surface area (Å²) in [5, 5.41) is 3.52. The predicted molar refractivity (Wildman–Crippen MR) is 78.4 cm³/mol. The van der Waals surface area contributed by atoms with E-state index in [9.17, 15) is 0 Å². The molecule has 2 aliphatic rings. The highest BCUT2D eigenvalue weighted by Crippen LogP contribution is 2.20. The molecule has 2 fully saturated rings. The first-order chi connectivity index (χ1) is 9.79. The van der Waals surface area contributed by atoms with Crippen LogP contribution in [0.1, 0.15) is 37.0 Å². The largest absolute Gasteiger partial charge is 0.468 e. The third-order valence-electron chi connectivity index (χ3n) is 4.13. The van der Waals surface area contributed by atoms with Crippen molar-refractivity contribution < 1.29 is 9.15 Å². The van der Waals surface area contributed by atoms with Crippen LogP contribution in [0.5, 0.6) is 0 Å². The van der Waals surface area contributed by atoms with Crippen molar-refractivity contribution >= 4 is 0 Å². The first-order valence-corrected chi connectivity index (χ1v) is 7.85. The smallest absolute Gasteiger partial charge is 0.118 e. The molecule has 3 rings (SSSR count). The molecule has 1 saturated heterocycles. The number of nitrogens with one attached hydrogen (secondary N) is 1. The normalized spacial score (nSPS) is 23.4. The van der Waals surface area contributed by atoms with Crippen molar-refractivity contribution in [1.29, 1.82) is 0 Å². The molecule has 4 heteroatoms. The first-order valence-electron chi connectivity index (χ1n) is 7.85. The zero-order valence-corrected chi connectivity index (χ0v) is 12.4. The van der Waals surface area contributed by atoms with E-state index in [-0.39, 0.29) is 0 Å². The molecule has 1 aliphatic heterocycles. The molecule has 2 heterocycles. The molecule has 1 atom stereocenters. The molecular weight excluding hydrogens is 252 g/mol. The number of ether oxygens (including phenoxy) is 1. The maximum absolute atomic E-state index is 5.66. The van der Waals surface area contributed by atoms with Gasteiger partial charge in [0.15, 0.2) is 0 Å². The molecular formula is C16H26N2O2. The third kappa shape index (κ3) is 4.33. The van der Waals surface area contributed by atoms with Gasteiger partial charge in [-0.05, 0) is 44.7 Å². The summed E-state index contributed by atoms with van der Waals surface area (Å²) < 4.78 is 11.2. The summed E-state index contributed by atoms with van der Waals surface area (Å²) in [5.41, 5.74) is 1.27. The molecule has 1 aromatic rings. The summed E-state index contributed by atoms with van der Waals surface area (Å²) >= 11 is 0. The van der Waals surface area contributed by atoms with Crippen LogP contribution in [0.4, 0.5) is 0 Å². The zero-order chi connectivity index (χ0) is 13.8. The quantitative estimate of drug-likeness (QED) is 0.831. The summed E-state index contributed by atoms with van der Waals surface area (Å²) in [6.45, 7) is 4.78. The Morgan fingerprint density at radius 1 is 1.35 bits per heavy atom. The van der Waals surface area contributed by atoms with E-state index < -0.39 is 0 Å². The van der Waals surface area contributed by atoms with Crippen molar-refractivity contribution in [1.82, 2.24) is 10.2 Å². The predicted octanol–water partition coefficient (Wildman–Crippen LogP) is 2.39. The molecule has 4 nitrogen and oxygen atoms in total. The van der Waals surface area contributed by atoms with Crippen molar-refractivity contribution in [3.05, 3.63) is 23.7 Å². The molecule has 0 aromatic carbocycles. The number of nitrogens with zero attached hydrogens (tertiary/aromatic N) is 1. The molecule has 0 radical (unpaired) electrons. The fraction of sp³-hybridized carbons (Fsp3) is 0.750. The number of furan rings is 1. The lowest BCUT2D eigenvalue weighted by Gasteiger charge is -2.26. The summed E-state index contributed by atoms with van der Waals surface area (Å²) in [7, 11) is 2.17. The highest BCUT2D eigenvalue weighted by atomic mass is 16.5. The molecule has 1 unspecified atom stereocenters. The van der Waals surface area contributed by atoms with Crippen molar-refractivity contribution in [3.8, 4) is 0 Å². The van der Waals surface area contributed by atoms with Crippen LogP contribution < -0.4 is 5.32 Å². The van der Waals surface area contributed by atoms with E-state index >= 15 is 0 Å². The minimum absolute atomic E-state index is 0.680. The lowest BCUT2D eigenvalue weighted by Crippen LogP contribution is -2.30. The van der Waals surface area contributed by atoms with Crippen LogP contribution in [0.2, 0.25) is 0 Å². The van der Waals surface area contributed by atoms with Gasteiger partial charge in [-0.3, -0.25) is 4.90 Å². The summed E-state index contributed by atoms with van der Waals surface area (Å²) in [6, 6.07) is 2.94. The number of hydrogen-bond acceptors (Lipinski definition) is 4. The van der Waals surface area contributed by atoms with Crippen molar-refractivity contribution in [2.75, 3.05) is 26.8 Å². The first kappa shape index (κ1) is 14.1. The van der Waals surface area contributed by atoms with Gasteiger partial charge in [-0.15, -0.1) is 0 Å². The maximum atomic E-state index is 5.66. The molecule has 1 aliphatic carbocycles. The Morgan fingerprint density at radius 2 is 2.25 bits per heavy atom. The third-order valence-corrected chi connectivity index (χ3v) is 4.13. The number of hydrogen-bond donors (Lipinski definition) is 1. The van der Waals surface area contributed by atoms with E-state index in [1.54, 1.807) is 0 Å². The minimum atomic E-state index is 0.680. The second-order valence-corrected chi connectivity index (χ2v) is 6.36. The van der Waals surface area contributed by atoms with Crippen LogP contribution >= 0.6 is 0 Å². The van der Waals surface area contributed by atoms with Crippen LogP contribution in [0.25, 0.3) is 0 Å². The standard InChI is InChI=1S/C16H26N2O2/c1-18(9-13-3-2-6-19-11-13)10-16-7-14(12-20-16)8-17-15-4-5-15/h7,12-13,15,17H,2-6,8-11H2,1H3. The van der Waals surface area contributed by atoms with Gasteiger partial charge in [0.1, 0.15) is 5.76 Å². The van der Waals surface area contributed by atoms with E-state index in [0.29, 0.717) is 5.92 Å². The molecule has 0 spiro atoms. The second kappa shape index (κ2) is 6.74. The van der Waals surface area contributed by atoms with Crippen molar-refractivity contribution in [2.24, 2.45) is 5.92 Å². The minimum Gasteiger partial charge on any atom is -0.468 e. The van der Waals surface area contributed by atoms with E-state index in [1.807, 2.05) is 6.26 Å². The monoisotopic (exact) mass is 278 g/mol.